The van der Waals surface area contributed by atoms with Crippen LogP contribution in [0.4, 0.5) is 0 Å². The van der Waals surface area contributed by atoms with Gasteiger partial charge in [-0.1, -0.05) is 97.7 Å². The number of unbranched alkanes of at least 4 members (excludes halogenated alkanes) is 4. The molecule has 8 heteroatoms. The maximum Gasteiger partial charge on any atom is 2.00 e. The monoisotopic (exact) mass is 868 g/mol. The molecule has 0 saturated carbocycles. The van der Waals surface area contributed by atoms with E-state index >= 15 is 0 Å². The van der Waals surface area contributed by atoms with Gasteiger partial charge in [0.2, 0.25) is 0 Å². The zero-order valence-electron chi connectivity index (χ0n) is 29.5. The fourth-order valence-corrected chi connectivity index (χ4v) is 3.72. The SMILES string of the molecule is C=C(OCC)c1cnn(-c2ccc(Cl)cc2)c1CC.CCCC.CCCCCOOC.CCCCc1[c-]cc(OC)cc1.[CH3-].[U+2]. The van der Waals surface area contributed by atoms with Crippen LogP contribution in [-0.4, -0.2) is 37.2 Å². The number of benzene rings is 2. The first-order valence-corrected chi connectivity index (χ1v) is 16.1. The van der Waals surface area contributed by atoms with E-state index in [-0.39, 0.29) is 38.5 Å². The zero-order valence-corrected chi connectivity index (χ0v) is 34.4. The summed E-state index contributed by atoms with van der Waals surface area (Å²) in [4.78, 5) is 9.02. The Hall–Kier alpha value is -1.75. The van der Waals surface area contributed by atoms with Gasteiger partial charge in [-0.25, -0.2) is 14.5 Å². The van der Waals surface area contributed by atoms with Crippen molar-refractivity contribution in [3.05, 3.63) is 90.6 Å². The number of nitrogens with zero attached hydrogens (tertiary/aromatic N) is 2. The summed E-state index contributed by atoms with van der Waals surface area (Å²) in [5.74, 6) is 1.55. The molecule has 0 radical (unpaired) electrons. The van der Waals surface area contributed by atoms with E-state index in [9.17, 15) is 0 Å². The Kier molecular flexibility index (Phi) is 34.1. The average molecular weight is 869 g/mol. The van der Waals surface area contributed by atoms with Crippen molar-refractivity contribution < 1.29 is 50.4 Å². The minimum Gasteiger partial charge on any atom is -0.554 e. The third-order valence-corrected chi connectivity index (χ3v) is 6.48. The van der Waals surface area contributed by atoms with Gasteiger partial charge in [-0.15, -0.1) is 12.1 Å². The van der Waals surface area contributed by atoms with Crippen LogP contribution in [0.1, 0.15) is 103 Å². The van der Waals surface area contributed by atoms with E-state index in [1.807, 2.05) is 48.0 Å². The fraction of sp³-hybridized carbons (Fsp3) is 0.514. The molecule has 0 aliphatic rings. The van der Waals surface area contributed by atoms with Gasteiger partial charge in [0, 0.05) is 10.8 Å². The molecule has 0 atom stereocenters. The van der Waals surface area contributed by atoms with Crippen LogP contribution >= 0.6 is 11.6 Å². The van der Waals surface area contributed by atoms with Crippen LogP contribution in [0.3, 0.4) is 0 Å². The zero-order chi connectivity index (χ0) is 32.3. The van der Waals surface area contributed by atoms with E-state index in [1.54, 1.807) is 13.3 Å². The molecule has 0 aliphatic carbocycles. The van der Waals surface area contributed by atoms with E-state index in [0.717, 1.165) is 48.6 Å². The maximum absolute atomic E-state index is 5.91. The summed E-state index contributed by atoms with van der Waals surface area (Å²) in [6, 6.07) is 16.8. The molecular weight excluding hydrogens is 810 g/mol. The molecular formula is C37H59ClN2O4U. The first-order chi connectivity index (χ1) is 20.9. The van der Waals surface area contributed by atoms with E-state index in [2.05, 4.69) is 68.2 Å². The van der Waals surface area contributed by atoms with Gasteiger partial charge in [-0.05, 0) is 44.0 Å². The fourth-order valence-electron chi connectivity index (χ4n) is 3.59. The van der Waals surface area contributed by atoms with Gasteiger partial charge in [0.05, 0.1) is 50.6 Å². The molecule has 0 N–H and O–H groups in total. The molecule has 45 heavy (non-hydrogen) atoms. The Labute approximate surface area is 304 Å². The third-order valence-electron chi connectivity index (χ3n) is 6.23. The molecule has 6 nitrogen and oxygen atoms in total. The second-order valence-corrected chi connectivity index (χ2v) is 10.1. The topological polar surface area (TPSA) is 54.7 Å². The van der Waals surface area contributed by atoms with Gasteiger partial charge in [0.25, 0.3) is 0 Å². The summed E-state index contributed by atoms with van der Waals surface area (Å²) in [5.41, 5.74) is 4.30. The molecule has 0 fully saturated rings. The minimum absolute atomic E-state index is 0. The Morgan fingerprint density at radius 1 is 0.889 bits per heavy atom. The largest absolute Gasteiger partial charge is 2.00 e. The molecule has 0 unspecified atom stereocenters. The Morgan fingerprint density at radius 3 is 2.00 bits per heavy atom. The van der Waals surface area contributed by atoms with E-state index in [4.69, 9.17) is 21.1 Å². The molecule has 0 spiro atoms. The normalized spacial score (nSPS) is 9.44. The summed E-state index contributed by atoms with van der Waals surface area (Å²) in [7, 11) is 3.21. The summed E-state index contributed by atoms with van der Waals surface area (Å²) < 4.78 is 12.4. The Bertz CT molecular complexity index is 1070. The molecule has 252 valence electrons. The summed E-state index contributed by atoms with van der Waals surface area (Å²) >= 11 is 5.91. The molecule has 3 aromatic rings. The van der Waals surface area contributed by atoms with Crippen LogP contribution < -0.4 is 4.74 Å². The van der Waals surface area contributed by atoms with Crippen molar-refractivity contribution in [2.75, 3.05) is 27.4 Å². The molecule has 0 aliphatic heterocycles. The van der Waals surface area contributed by atoms with Crippen LogP contribution in [0.25, 0.3) is 11.4 Å². The number of rotatable bonds is 15. The van der Waals surface area contributed by atoms with Gasteiger partial charge in [0.1, 0.15) is 5.76 Å². The predicted molar refractivity (Wildman–Crippen MR) is 189 cm³/mol. The smallest absolute Gasteiger partial charge is 0.554 e. The summed E-state index contributed by atoms with van der Waals surface area (Å²) in [5, 5.41) is 5.14. The molecule has 0 amide bonds. The van der Waals surface area contributed by atoms with E-state index in [0.29, 0.717) is 17.4 Å². The van der Waals surface area contributed by atoms with E-state index < -0.39 is 0 Å². The van der Waals surface area contributed by atoms with Crippen LogP contribution in [0.5, 0.6) is 5.75 Å². The van der Waals surface area contributed by atoms with Gasteiger partial charge < -0.3 is 16.9 Å². The molecule has 0 bridgehead atoms. The van der Waals surface area contributed by atoms with Crippen molar-refractivity contribution in [2.45, 2.75) is 99.3 Å². The minimum atomic E-state index is 0. The number of hydrogen-bond donors (Lipinski definition) is 0. The second-order valence-electron chi connectivity index (χ2n) is 9.66. The van der Waals surface area contributed by atoms with Crippen molar-refractivity contribution in [2.24, 2.45) is 0 Å². The van der Waals surface area contributed by atoms with Crippen molar-refractivity contribution in [3.63, 3.8) is 0 Å². The number of aromatic nitrogens is 2. The van der Waals surface area contributed by atoms with Gasteiger partial charge >= 0.3 is 31.1 Å². The van der Waals surface area contributed by atoms with Crippen molar-refractivity contribution in [1.82, 2.24) is 9.78 Å². The van der Waals surface area contributed by atoms with E-state index in [1.165, 1.54) is 51.2 Å². The maximum atomic E-state index is 5.91. The summed E-state index contributed by atoms with van der Waals surface area (Å²) in [6.45, 7) is 18.0. The second kappa shape index (κ2) is 32.2. The number of methoxy groups -OCH3 is 1. The molecule has 3 rings (SSSR count). The van der Waals surface area contributed by atoms with Crippen LogP contribution in [0, 0.1) is 44.6 Å². The van der Waals surface area contributed by atoms with Crippen molar-refractivity contribution >= 4 is 17.4 Å². The Morgan fingerprint density at radius 2 is 1.53 bits per heavy atom. The third kappa shape index (κ3) is 21.6. The van der Waals surface area contributed by atoms with Gasteiger partial charge in [-0.3, -0.25) is 0 Å². The van der Waals surface area contributed by atoms with Crippen molar-refractivity contribution in [3.8, 4) is 11.4 Å². The number of ether oxygens (including phenoxy) is 2. The van der Waals surface area contributed by atoms with Gasteiger partial charge in [0.15, 0.2) is 0 Å². The van der Waals surface area contributed by atoms with Crippen LogP contribution in [0.15, 0.2) is 55.2 Å². The number of aryl methyl sites for hydroxylation is 1. The standard InChI is InChI=1S/C15H17ClN2O.C11H15O.C6H14O2.C4H10.CH3.U/c1-4-15-14(11(3)19-5-2)10-17-18(15)13-8-6-12(16)7-9-13;1-3-4-5-10-6-8-11(12-2)9-7-10;1-3-4-5-6-8-7-2;1-3-4-2;;/h6-10H,3-5H2,1-2H3;6,8-9H,3-5H2,1-2H3;3-6H2,1-2H3;3-4H2,1-2H3;1H3;/q;-1;;;-1;+2. The molecule has 1 aromatic heterocycles. The molecule has 2 aromatic carbocycles. The predicted octanol–water partition coefficient (Wildman–Crippen LogP) is 10.9. The molecule has 1 heterocycles. The van der Waals surface area contributed by atoms with Crippen LogP contribution in [0.2, 0.25) is 5.02 Å². The summed E-state index contributed by atoms with van der Waals surface area (Å²) in [6.07, 6.45) is 12.4. The van der Waals surface area contributed by atoms with Gasteiger partial charge in [-0.2, -0.15) is 22.8 Å². The first-order valence-electron chi connectivity index (χ1n) is 15.7. The quantitative estimate of drug-likeness (QED) is 0.0501. The molecule has 0 saturated heterocycles. The van der Waals surface area contributed by atoms with Crippen molar-refractivity contribution in [1.29, 1.82) is 0 Å². The first kappa shape index (κ1) is 47.7. The number of hydrogen-bond acceptors (Lipinski definition) is 5. The Balaban J connectivity index is -0.000000586. The van der Waals surface area contributed by atoms with Crippen LogP contribution in [-0.2, 0) is 27.4 Å². The average Bonchev–Trinajstić information content (AvgIpc) is 3.48. The number of halogens is 1.